The Balaban J connectivity index is 1.78. The summed E-state index contributed by atoms with van der Waals surface area (Å²) < 4.78 is 2.86. The molecule has 5 aromatic rings. The fraction of sp³-hybridized carbons (Fsp3) is 0.111. The molecule has 0 aliphatic heterocycles. The van der Waals surface area contributed by atoms with Gasteiger partial charge in [0.1, 0.15) is 0 Å². The molecule has 0 amide bonds. The normalized spacial score (nSPS) is 11.3. The number of nitrogens with one attached hydrogen (secondary N) is 2. The van der Waals surface area contributed by atoms with E-state index in [-0.39, 0.29) is 11.1 Å². The summed E-state index contributed by atoms with van der Waals surface area (Å²) in [6.45, 7) is 3.66. The Morgan fingerprint density at radius 2 is 1.03 bits per heavy atom. The van der Waals surface area contributed by atoms with Crippen molar-refractivity contribution in [3.8, 4) is 11.4 Å². The van der Waals surface area contributed by atoms with Crippen LogP contribution >= 0.6 is 23.2 Å². The van der Waals surface area contributed by atoms with Crippen LogP contribution in [0.25, 0.3) is 11.4 Å². The summed E-state index contributed by atoms with van der Waals surface area (Å²) in [4.78, 5) is 27.6. The molecule has 0 radical (unpaired) electrons. The van der Waals surface area contributed by atoms with Crippen LogP contribution in [0.3, 0.4) is 0 Å². The molecule has 0 unspecified atom stereocenters. The van der Waals surface area contributed by atoms with E-state index in [1.165, 1.54) is 9.36 Å². The van der Waals surface area contributed by atoms with Crippen LogP contribution in [0, 0.1) is 13.8 Å². The van der Waals surface area contributed by atoms with Gasteiger partial charge in [-0.05, 0) is 43.7 Å². The van der Waals surface area contributed by atoms with Crippen molar-refractivity contribution in [2.75, 3.05) is 0 Å². The van der Waals surface area contributed by atoms with E-state index in [4.69, 9.17) is 23.2 Å². The van der Waals surface area contributed by atoms with E-state index >= 15 is 0 Å². The first-order valence-corrected chi connectivity index (χ1v) is 11.8. The van der Waals surface area contributed by atoms with Gasteiger partial charge in [0.25, 0.3) is 11.1 Å². The molecule has 8 heteroatoms. The molecule has 5 rings (SSSR count). The topological polar surface area (TPSA) is 75.6 Å². The second-order valence-electron chi connectivity index (χ2n) is 8.33. The van der Waals surface area contributed by atoms with Gasteiger partial charge in [0, 0.05) is 17.3 Å². The molecule has 2 N–H and O–H groups in total. The van der Waals surface area contributed by atoms with Gasteiger partial charge in [-0.2, -0.15) is 0 Å². The fourth-order valence-corrected chi connectivity index (χ4v) is 4.97. The van der Waals surface area contributed by atoms with Gasteiger partial charge in [-0.15, -0.1) is 0 Å². The zero-order chi connectivity index (χ0) is 24.7. The number of hydrogen-bond donors (Lipinski definition) is 2. The van der Waals surface area contributed by atoms with Gasteiger partial charge in [-0.3, -0.25) is 19.8 Å². The van der Waals surface area contributed by atoms with Crippen LogP contribution in [0.15, 0.2) is 88.5 Å². The Kier molecular flexibility index (Phi) is 6.01. The molecule has 0 aliphatic carbocycles. The van der Waals surface area contributed by atoms with Crippen LogP contribution in [0.2, 0.25) is 10.0 Å². The lowest BCUT2D eigenvalue weighted by atomic mass is 9.85. The van der Waals surface area contributed by atoms with Gasteiger partial charge in [0.15, 0.2) is 0 Å². The first-order chi connectivity index (χ1) is 16.9. The summed E-state index contributed by atoms with van der Waals surface area (Å²) in [7, 11) is 0. The number of aryl methyl sites for hydroxylation is 2. The minimum absolute atomic E-state index is 0.270. The van der Waals surface area contributed by atoms with E-state index in [0.29, 0.717) is 43.9 Å². The fourth-order valence-electron chi connectivity index (χ4n) is 4.53. The Labute approximate surface area is 211 Å². The summed E-state index contributed by atoms with van der Waals surface area (Å²) in [6, 6.07) is 23.8. The summed E-state index contributed by atoms with van der Waals surface area (Å²) >= 11 is 12.8. The Bertz CT molecular complexity index is 1540. The van der Waals surface area contributed by atoms with Crippen molar-refractivity contribution < 1.29 is 0 Å². The maximum atomic E-state index is 13.8. The van der Waals surface area contributed by atoms with Crippen LogP contribution in [0.5, 0.6) is 0 Å². The van der Waals surface area contributed by atoms with Crippen molar-refractivity contribution in [3.05, 3.63) is 138 Å². The molecule has 0 aliphatic rings. The molecule has 0 saturated heterocycles. The van der Waals surface area contributed by atoms with Crippen LogP contribution in [-0.2, 0) is 0 Å². The Hall–Kier alpha value is -3.74. The quantitative estimate of drug-likeness (QED) is 0.319. The molecular formula is C27H22Cl2N4O2. The Morgan fingerprint density at radius 3 is 1.46 bits per heavy atom. The molecule has 2 heterocycles. The highest BCUT2D eigenvalue weighted by Crippen LogP contribution is 2.33. The summed E-state index contributed by atoms with van der Waals surface area (Å²) in [6.07, 6.45) is 0. The molecule has 0 saturated carbocycles. The highest BCUT2D eigenvalue weighted by atomic mass is 35.5. The first-order valence-electron chi connectivity index (χ1n) is 11.1. The van der Waals surface area contributed by atoms with Crippen molar-refractivity contribution in [2.45, 2.75) is 19.8 Å². The highest BCUT2D eigenvalue weighted by molar-refractivity contribution is 6.32. The lowest BCUT2D eigenvalue weighted by Gasteiger charge is -2.15. The van der Waals surface area contributed by atoms with E-state index in [0.717, 1.165) is 5.56 Å². The first kappa shape index (κ1) is 23.0. The SMILES string of the molecule is Cc1[nH]n(-c2ccccc2Cl)c(=O)c1C(c1ccccc1)c1c(C)[nH]n(-c2ccccc2Cl)c1=O. The average Bonchev–Trinajstić information content (AvgIpc) is 3.31. The maximum absolute atomic E-state index is 13.8. The highest BCUT2D eigenvalue weighted by Gasteiger charge is 2.31. The molecule has 0 bridgehead atoms. The average molecular weight is 505 g/mol. The van der Waals surface area contributed by atoms with Crippen LogP contribution in [0.4, 0.5) is 0 Å². The summed E-state index contributed by atoms with van der Waals surface area (Å²) in [5, 5.41) is 7.20. The second kappa shape index (κ2) is 9.13. The minimum atomic E-state index is -0.615. The van der Waals surface area contributed by atoms with E-state index in [1.807, 2.05) is 56.3 Å². The lowest BCUT2D eigenvalue weighted by molar-refractivity contribution is 0.831. The predicted octanol–water partition coefficient (Wildman–Crippen LogP) is 5.75. The van der Waals surface area contributed by atoms with E-state index in [9.17, 15) is 9.59 Å². The third-order valence-corrected chi connectivity index (χ3v) is 6.77. The van der Waals surface area contributed by atoms with Crippen LogP contribution in [-0.4, -0.2) is 19.6 Å². The number of para-hydroxylation sites is 2. The Morgan fingerprint density at radius 1 is 0.629 bits per heavy atom. The smallest absolute Gasteiger partial charge is 0.275 e. The van der Waals surface area contributed by atoms with E-state index < -0.39 is 5.92 Å². The van der Waals surface area contributed by atoms with Crippen molar-refractivity contribution in [1.29, 1.82) is 0 Å². The summed E-state index contributed by atoms with van der Waals surface area (Å²) in [5.74, 6) is -0.615. The predicted molar refractivity (Wildman–Crippen MR) is 140 cm³/mol. The zero-order valence-corrected chi connectivity index (χ0v) is 20.6. The lowest BCUT2D eigenvalue weighted by Crippen LogP contribution is -2.25. The molecule has 2 aromatic heterocycles. The van der Waals surface area contributed by atoms with Crippen molar-refractivity contribution in [3.63, 3.8) is 0 Å². The number of H-pyrrole nitrogens is 2. The van der Waals surface area contributed by atoms with Gasteiger partial charge in [0.05, 0.1) is 32.5 Å². The number of benzene rings is 3. The number of aromatic amines is 2. The number of halogens is 2. The van der Waals surface area contributed by atoms with Crippen molar-refractivity contribution in [2.24, 2.45) is 0 Å². The monoisotopic (exact) mass is 504 g/mol. The molecule has 0 fully saturated rings. The molecule has 6 nitrogen and oxygen atoms in total. The molecule has 0 atom stereocenters. The maximum Gasteiger partial charge on any atom is 0.275 e. The van der Waals surface area contributed by atoms with E-state index in [2.05, 4.69) is 10.2 Å². The third kappa shape index (κ3) is 3.95. The summed E-state index contributed by atoms with van der Waals surface area (Å²) in [5.41, 5.74) is 3.61. The van der Waals surface area contributed by atoms with Gasteiger partial charge in [0.2, 0.25) is 0 Å². The third-order valence-electron chi connectivity index (χ3n) is 6.13. The van der Waals surface area contributed by atoms with Gasteiger partial charge >= 0.3 is 0 Å². The number of aromatic nitrogens is 4. The minimum Gasteiger partial charge on any atom is -0.295 e. The van der Waals surface area contributed by atoms with Gasteiger partial charge in [-0.25, -0.2) is 9.36 Å². The largest absolute Gasteiger partial charge is 0.295 e. The van der Waals surface area contributed by atoms with Crippen LogP contribution in [0.1, 0.15) is 34.0 Å². The van der Waals surface area contributed by atoms with E-state index in [1.54, 1.807) is 36.4 Å². The van der Waals surface area contributed by atoms with Crippen molar-refractivity contribution in [1.82, 2.24) is 19.6 Å². The molecule has 176 valence electrons. The standard InChI is InChI=1S/C27H22Cl2N4O2/c1-16-23(26(34)32(30-16)21-14-8-6-12-19(21)28)25(18-10-4-3-5-11-18)24-17(2)31-33(27(24)35)22-15-9-7-13-20(22)29/h3-15,25,30-31H,1-2H3. The van der Waals surface area contributed by atoms with Gasteiger partial charge < -0.3 is 0 Å². The number of rotatable bonds is 5. The van der Waals surface area contributed by atoms with Crippen molar-refractivity contribution >= 4 is 23.2 Å². The van der Waals surface area contributed by atoms with Gasteiger partial charge in [-0.1, -0.05) is 77.8 Å². The molecule has 35 heavy (non-hydrogen) atoms. The number of hydrogen-bond acceptors (Lipinski definition) is 2. The second-order valence-corrected chi connectivity index (χ2v) is 9.14. The molecule has 0 spiro atoms. The van der Waals surface area contributed by atoms with Crippen LogP contribution < -0.4 is 11.1 Å². The molecule has 3 aromatic carbocycles. The molecular weight excluding hydrogens is 483 g/mol. The zero-order valence-electron chi connectivity index (χ0n) is 19.0. The number of nitrogens with zero attached hydrogens (tertiary/aromatic N) is 2.